The van der Waals surface area contributed by atoms with Crippen LogP contribution in [0.5, 0.6) is 0 Å². The predicted octanol–water partition coefficient (Wildman–Crippen LogP) is 13.0. The Morgan fingerprint density at radius 2 is 0.927 bits per heavy atom. The first-order chi connectivity index (χ1) is 34.3. The van der Waals surface area contributed by atoms with Crippen LogP contribution >= 0.6 is 0 Å². The number of nitrogens with zero attached hydrogens (tertiary/aromatic N) is 4. The molecule has 0 saturated heterocycles. The molecule has 2 aromatic heterocycles. The van der Waals surface area contributed by atoms with Crippen LogP contribution in [0.2, 0.25) is 0 Å². The Labute approximate surface area is 343 Å². The average molecular weight is 720 g/mol. The molecule has 0 aliphatic carbocycles. The van der Waals surface area contributed by atoms with E-state index in [1.54, 1.807) is 6.07 Å². The van der Waals surface area contributed by atoms with Gasteiger partial charge in [-0.1, -0.05) is 163 Å². The summed E-state index contributed by atoms with van der Waals surface area (Å²) >= 11 is 0. The van der Waals surface area contributed by atoms with Crippen LogP contribution in [0.3, 0.4) is 0 Å². The van der Waals surface area contributed by atoms with Crippen LogP contribution in [0, 0.1) is 0 Å². The van der Waals surface area contributed by atoms with Crippen molar-refractivity contribution >= 4 is 21.8 Å². The number of para-hydroxylation sites is 1. The quantitative estimate of drug-likeness (QED) is 0.165. The fourth-order valence-electron chi connectivity index (χ4n) is 6.53. The highest BCUT2D eigenvalue weighted by atomic mass is 15.0. The van der Waals surface area contributed by atoms with Crippen LogP contribution in [0.4, 0.5) is 0 Å². The highest BCUT2D eigenvalue weighted by Crippen LogP contribution is 2.39. The Morgan fingerprint density at radius 1 is 0.364 bits per heavy atom. The molecule has 0 aliphatic rings. The van der Waals surface area contributed by atoms with E-state index >= 15 is 0 Å². The molecule has 0 unspecified atom stereocenters. The summed E-state index contributed by atoms with van der Waals surface area (Å²) in [5, 5.41) is -0.671. The van der Waals surface area contributed by atoms with Crippen molar-refractivity contribution in [2.45, 2.75) is 0 Å². The van der Waals surface area contributed by atoms with Gasteiger partial charge in [0.1, 0.15) is 0 Å². The lowest BCUT2D eigenvalue weighted by molar-refractivity contribution is 1.07. The summed E-state index contributed by atoms with van der Waals surface area (Å²) in [6.07, 6.45) is 0. The molecule has 8 aromatic carbocycles. The van der Waals surface area contributed by atoms with Gasteiger partial charge in [0.25, 0.3) is 0 Å². The average Bonchev–Trinajstić information content (AvgIpc) is 3.77. The highest BCUT2D eigenvalue weighted by Gasteiger charge is 2.19. The van der Waals surface area contributed by atoms with E-state index in [-0.39, 0.29) is 61.7 Å². The largest absolute Gasteiger partial charge is 0.309 e. The van der Waals surface area contributed by atoms with Crippen molar-refractivity contribution in [1.82, 2.24) is 19.5 Å². The molecular weight excluding hydrogens is 669 g/mol. The summed E-state index contributed by atoms with van der Waals surface area (Å²) in [5.41, 5.74) is 0.907. The normalized spacial score (nSPS) is 15.6. The second-order valence-electron chi connectivity index (χ2n) is 12.4. The Bertz CT molecular complexity index is 3900. The zero-order chi connectivity index (χ0) is 51.3. The number of hydrogen-bond acceptors (Lipinski definition) is 3. The van der Waals surface area contributed by atoms with E-state index in [1.165, 1.54) is 16.7 Å². The smallest absolute Gasteiger partial charge is 0.164 e. The summed E-state index contributed by atoms with van der Waals surface area (Å²) in [5.74, 6) is 0.620. The van der Waals surface area contributed by atoms with Gasteiger partial charge in [-0.15, -0.1) is 0 Å². The molecule has 0 saturated carbocycles. The van der Waals surface area contributed by atoms with Gasteiger partial charge in [0.05, 0.1) is 40.0 Å². The minimum absolute atomic E-state index is 0.0830. The number of fused-ring (bicyclic) bond motifs is 3. The molecule has 0 aliphatic heterocycles. The fourth-order valence-corrected chi connectivity index (χ4v) is 6.53. The van der Waals surface area contributed by atoms with Gasteiger partial charge in [0, 0.05) is 33.0 Å². The number of benzene rings is 8. The standard InChI is InChI=1S/C51H34N4/c1-5-16-35(17-6-1)39-24-15-25-41(32-39)50-52-49(38-22-11-4-12-23-38)53-51(54-50)42-29-31-47(44(34-42)37-20-9-3-10-21-37)55-46-27-14-13-26-43(46)45-33-40(28-30-48(45)55)36-18-7-2-8-19-36/h1-34H/i2D,3D,7D,8D,9D,10D,13D,14D,18D,19D,20D,21D,26D,27D,28D,30D,33D. The van der Waals surface area contributed by atoms with Crippen LogP contribution in [0.1, 0.15) is 23.3 Å². The molecule has 0 bridgehead atoms. The molecule has 0 amide bonds. The highest BCUT2D eigenvalue weighted by molar-refractivity contribution is 6.11. The van der Waals surface area contributed by atoms with E-state index in [2.05, 4.69) is 0 Å². The van der Waals surface area contributed by atoms with Crippen molar-refractivity contribution in [3.8, 4) is 73.2 Å². The van der Waals surface area contributed by atoms with Crippen LogP contribution in [-0.4, -0.2) is 19.5 Å². The lowest BCUT2D eigenvalue weighted by Gasteiger charge is -2.16. The van der Waals surface area contributed by atoms with Gasteiger partial charge in [-0.3, -0.25) is 0 Å². The summed E-state index contributed by atoms with van der Waals surface area (Å²) < 4.78 is 153. The van der Waals surface area contributed by atoms with Crippen molar-refractivity contribution in [3.63, 3.8) is 0 Å². The van der Waals surface area contributed by atoms with E-state index in [9.17, 15) is 9.60 Å². The number of rotatable bonds is 7. The molecule has 4 nitrogen and oxygen atoms in total. The van der Waals surface area contributed by atoms with Gasteiger partial charge < -0.3 is 4.57 Å². The molecule has 10 rings (SSSR count). The molecule has 0 spiro atoms. The molecule has 10 aromatic rings. The van der Waals surface area contributed by atoms with Crippen LogP contribution in [-0.2, 0) is 0 Å². The van der Waals surface area contributed by atoms with Crippen molar-refractivity contribution < 1.29 is 23.3 Å². The summed E-state index contributed by atoms with van der Waals surface area (Å²) in [6.45, 7) is 0. The minimum atomic E-state index is -0.784. The topological polar surface area (TPSA) is 43.6 Å². The van der Waals surface area contributed by atoms with Gasteiger partial charge in [0.2, 0.25) is 0 Å². The Morgan fingerprint density at radius 3 is 1.65 bits per heavy atom. The van der Waals surface area contributed by atoms with Crippen molar-refractivity contribution in [3.05, 3.63) is 206 Å². The van der Waals surface area contributed by atoms with Crippen molar-refractivity contribution in [2.75, 3.05) is 0 Å². The van der Waals surface area contributed by atoms with Crippen molar-refractivity contribution in [1.29, 1.82) is 0 Å². The van der Waals surface area contributed by atoms with Gasteiger partial charge >= 0.3 is 0 Å². The van der Waals surface area contributed by atoms with Gasteiger partial charge in [-0.25, -0.2) is 15.0 Å². The Kier molecular flexibility index (Phi) is 4.80. The molecule has 0 N–H and O–H groups in total. The summed E-state index contributed by atoms with van der Waals surface area (Å²) in [4.78, 5) is 14.7. The van der Waals surface area contributed by atoms with E-state index < -0.39 is 114 Å². The van der Waals surface area contributed by atoms with E-state index in [1.807, 2.05) is 84.9 Å². The molecule has 0 atom stereocenters. The predicted molar refractivity (Wildman–Crippen MR) is 227 cm³/mol. The second-order valence-corrected chi connectivity index (χ2v) is 12.4. The lowest BCUT2D eigenvalue weighted by Crippen LogP contribution is -2.02. The third-order valence-corrected chi connectivity index (χ3v) is 9.07. The lowest BCUT2D eigenvalue weighted by atomic mass is 9.99. The Balaban J connectivity index is 1.33. The van der Waals surface area contributed by atoms with Gasteiger partial charge in [0.15, 0.2) is 17.5 Å². The SMILES string of the molecule is [2H]c1c([2H])c([2H])c(-c2cc(-c3nc(-c4ccccc4)nc(-c4cccc(-c5ccccc5)c4)n3)ccc2-n2c3c([2H])c([2H])c([2H])c([2H])c3c3c([2H])c(-c4c([2H])c([2H])c([2H])c([2H])c4[2H])c([2H])c([2H])c32)c([2H])c1[2H]. The van der Waals surface area contributed by atoms with Crippen LogP contribution in [0.25, 0.3) is 95.0 Å². The van der Waals surface area contributed by atoms with Crippen LogP contribution in [0.15, 0.2) is 206 Å². The molecule has 55 heavy (non-hydrogen) atoms. The van der Waals surface area contributed by atoms with Crippen molar-refractivity contribution in [2.24, 2.45) is 0 Å². The van der Waals surface area contributed by atoms with Gasteiger partial charge in [-0.05, 0) is 70.2 Å². The van der Waals surface area contributed by atoms with Crippen LogP contribution < -0.4 is 0 Å². The summed E-state index contributed by atoms with van der Waals surface area (Å²) in [6, 6.07) is 18.6. The maximum Gasteiger partial charge on any atom is 0.164 e. The fraction of sp³-hybridized carbons (Fsp3) is 0. The number of hydrogen-bond donors (Lipinski definition) is 0. The monoisotopic (exact) mass is 719 g/mol. The van der Waals surface area contributed by atoms with E-state index in [4.69, 9.17) is 28.7 Å². The summed E-state index contributed by atoms with van der Waals surface area (Å²) in [7, 11) is 0. The molecule has 2 heterocycles. The van der Waals surface area contributed by atoms with E-state index in [0.29, 0.717) is 11.1 Å². The first kappa shape index (κ1) is 19.1. The zero-order valence-corrected chi connectivity index (χ0v) is 28.6. The molecular formula is C51H34N4. The van der Waals surface area contributed by atoms with E-state index in [0.717, 1.165) is 11.1 Å². The first-order valence-corrected chi connectivity index (χ1v) is 17.1. The number of aromatic nitrogens is 4. The molecule has 0 radical (unpaired) electrons. The molecule has 0 fully saturated rings. The minimum Gasteiger partial charge on any atom is -0.309 e. The molecule has 258 valence electrons. The molecule has 4 heteroatoms. The third kappa shape index (κ3) is 6.06. The third-order valence-electron chi connectivity index (χ3n) is 9.07. The zero-order valence-electron chi connectivity index (χ0n) is 45.6. The second kappa shape index (κ2) is 13.8. The van der Waals surface area contributed by atoms with Gasteiger partial charge in [-0.2, -0.15) is 0 Å². The Hall–Kier alpha value is -7.43. The first-order valence-electron chi connectivity index (χ1n) is 25.6. The maximum absolute atomic E-state index is 9.65. The maximum atomic E-state index is 9.65.